The van der Waals surface area contributed by atoms with E-state index in [9.17, 15) is 9.00 Å². The van der Waals surface area contributed by atoms with Crippen LogP contribution in [0.1, 0.15) is 19.3 Å². The van der Waals surface area contributed by atoms with Crippen molar-refractivity contribution in [1.29, 1.82) is 0 Å². The summed E-state index contributed by atoms with van der Waals surface area (Å²) in [7, 11) is -1.18. The lowest BCUT2D eigenvalue weighted by Gasteiger charge is -2.24. The summed E-state index contributed by atoms with van der Waals surface area (Å²) in [6.45, 7) is 1.71. The highest BCUT2D eigenvalue weighted by Gasteiger charge is 2.17. The Kier molecular flexibility index (Phi) is 3.27. The molecule has 0 spiro atoms. The number of nitrogens with one attached hydrogen (secondary N) is 1. The number of hydrogen-bond acceptors (Lipinski definition) is 3. The predicted molar refractivity (Wildman–Crippen MR) is 56.7 cm³/mol. The maximum atomic E-state index is 12.0. The number of aromatic amines is 1. The van der Waals surface area contributed by atoms with Gasteiger partial charge < -0.3 is 4.98 Å². The molecule has 1 fully saturated rings. The molecule has 1 atom stereocenters. The van der Waals surface area contributed by atoms with Crippen molar-refractivity contribution in [2.24, 2.45) is 0 Å². The van der Waals surface area contributed by atoms with Gasteiger partial charge in [-0.1, -0.05) is 6.42 Å². The summed E-state index contributed by atoms with van der Waals surface area (Å²) >= 11 is 0. The Labute approximate surface area is 90.1 Å². The zero-order valence-corrected chi connectivity index (χ0v) is 9.13. The maximum absolute atomic E-state index is 12.0. The molecule has 1 unspecified atom stereocenters. The van der Waals surface area contributed by atoms with Crippen LogP contribution in [0.3, 0.4) is 0 Å². The lowest BCUT2D eigenvalue weighted by atomic mass is 10.2. The van der Waals surface area contributed by atoms with Crippen LogP contribution in [0.4, 0.5) is 0 Å². The van der Waals surface area contributed by atoms with Crippen molar-refractivity contribution in [2.75, 3.05) is 13.1 Å². The zero-order valence-electron chi connectivity index (χ0n) is 8.31. The smallest absolute Gasteiger partial charge is 0.311 e. The normalized spacial score (nSPS) is 20.0. The molecule has 0 bridgehead atoms. The van der Waals surface area contributed by atoms with E-state index in [2.05, 4.69) is 9.97 Å². The van der Waals surface area contributed by atoms with Crippen LogP contribution in [0.5, 0.6) is 0 Å². The minimum atomic E-state index is -1.18. The molecule has 0 radical (unpaired) electrons. The third-order valence-electron chi connectivity index (χ3n) is 2.40. The van der Waals surface area contributed by atoms with Crippen molar-refractivity contribution >= 4 is 11.0 Å². The van der Waals surface area contributed by atoms with E-state index in [0.29, 0.717) is 4.90 Å². The van der Waals surface area contributed by atoms with E-state index in [1.807, 2.05) is 4.31 Å². The molecule has 15 heavy (non-hydrogen) atoms. The Morgan fingerprint density at radius 3 is 2.67 bits per heavy atom. The molecule has 1 aliphatic rings. The quantitative estimate of drug-likeness (QED) is 0.789. The number of rotatable bonds is 2. The van der Waals surface area contributed by atoms with Crippen molar-refractivity contribution in [3.8, 4) is 0 Å². The van der Waals surface area contributed by atoms with Crippen LogP contribution in [-0.4, -0.2) is 31.6 Å². The molecule has 0 saturated carbocycles. The molecular weight excluding hydrogens is 214 g/mol. The molecule has 82 valence electrons. The molecule has 1 aromatic rings. The van der Waals surface area contributed by atoms with Crippen LogP contribution in [0.25, 0.3) is 0 Å². The molecule has 1 aromatic heterocycles. The van der Waals surface area contributed by atoms with Gasteiger partial charge in [-0.3, -0.25) is 0 Å². The Balaban J connectivity index is 2.12. The average Bonchev–Trinajstić information content (AvgIpc) is 2.30. The second-order valence-corrected chi connectivity index (χ2v) is 4.98. The van der Waals surface area contributed by atoms with Crippen LogP contribution >= 0.6 is 0 Å². The number of hydrogen-bond donors (Lipinski definition) is 1. The zero-order chi connectivity index (χ0) is 10.7. The van der Waals surface area contributed by atoms with Gasteiger partial charge in [0.1, 0.15) is 11.0 Å². The summed E-state index contributed by atoms with van der Waals surface area (Å²) < 4.78 is 13.9. The van der Waals surface area contributed by atoms with Gasteiger partial charge in [-0.15, -0.1) is 0 Å². The third kappa shape index (κ3) is 2.51. The van der Waals surface area contributed by atoms with E-state index in [1.165, 1.54) is 18.8 Å². The van der Waals surface area contributed by atoms with Gasteiger partial charge in [0.15, 0.2) is 0 Å². The molecule has 1 saturated heterocycles. The fraction of sp³-hybridized carbons (Fsp3) is 0.556. The number of aromatic nitrogens is 2. The molecule has 2 rings (SSSR count). The molecule has 1 N–H and O–H groups in total. The van der Waals surface area contributed by atoms with E-state index >= 15 is 0 Å². The standard InChI is InChI=1S/C9H13N3O2S/c13-9-10-6-8(7-11-9)15(14)12-4-2-1-3-5-12/h6-7H,1-5H2,(H,10,11,13). The number of nitrogens with zero attached hydrogens (tertiary/aromatic N) is 2. The lowest BCUT2D eigenvalue weighted by molar-refractivity contribution is 0.365. The lowest BCUT2D eigenvalue weighted by Crippen LogP contribution is -2.32. The Hall–Kier alpha value is -1.01. The molecular formula is C9H13N3O2S. The van der Waals surface area contributed by atoms with E-state index in [4.69, 9.17) is 0 Å². The Bertz CT molecular complexity index is 392. The minimum Gasteiger partial charge on any atom is -0.311 e. The Morgan fingerprint density at radius 1 is 1.33 bits per heavy atom. The fourth-order valence-electron chi connectivity index (χ4n) is 1.60. The van der Waals surface area contributed by atoms with Crippen LogP contribution < -0.4 is 5.69 Å². The van der Waals surface area contributed by atoms with Gasteiger partial charge in [-0.25, -0.2) is 18.3 Å². The molecule has 0 amide bonds. The average molecular weight is 227 g/mol. The van der Waals surface area contributed by atoms with Gasteiger partial charge in [-0.2, -0.15) is 0 Å². The van der Waals surface area contributed by atoms with Crippen LogP contribution in [0.2, 0.25) is 0 Å². The van der Waals surface area contributed by atoms with Gasteiger partial charge in [-0.05, 0) is 12.8 Å². The molecule has 2 heterocycles. The summed E-state index contributed by atoms with van der Waals surface area (Å²) in [4.78, 5) is 17.3. The summed E-state index contributed by atoms with van der Waals surface area (Å²) in [6, 6.07) is 0. The summed E-state index contributed by atoms with van der Waals surface area (Å²) in [5, 5.41) is 0. The van der Waals surface area contributed by atoms with Gasteiger partial charge in [0, 0.05) is 19.3 Å². The molecule has 6 heteroatoms. The summed E-state index contributed by atoms with van der Waals surface area (Å²) in [6.07, 6.45) is 6.23. The van der Waals surface area contributed by atoms with E-state index in [-0.39, 0.29) is 0 Å². The first-order chi connectivity index (χ1) is 7.27. The van der Waals surface area contributed by atoms with E-state index in [0.717, 1.165) is 25.9 Å². The summed E-state index contributed by atoms with van der Waals surface area (Å²) in [5.74, 6) is 0. The maximum Gasteiger partial charge on any atom is 0.344 e. The predicted octanol–water partition coefficient (Wildman–Crippen LogP) is 0.278. The van der Waals surface area contributed by atoms with Crippen molar-refractivity contribution in [3.63, 3.8) is 0 Å². The monoisotopic (exact) mass is 227 g/mol. The first-order valence-electron chi connectivity index (χ1n) is 4.99. The largest absolute Gasteiger partial charge is 0.344 e. The molecule has 5 nitrogen and oxygen atoms in total. The molecule has 1 aliphatic heterocycles. The topological polar surface area (TPSA) is 66.1 Å². The summed E-state index contributed by atoms with van der Waals surface area (Å²) in [5.41, 5.74) is -0.408. The highest BCUT2D eigenvalue weighted by atomic mass is 32.2. The van der Waals surface area contributed by atoms with Crippen LogP contribution in [0, 0.1) is 0 Å². The highest BCUT2D eigenvalue weighted by molar-refractivity contribution is 7.82. The number of H-pyrrole nitrogens is 1. The van der Waals surface area contributed by atoms with Crippen LogP contribution in [0.15, 0.2) is 22.1 Å². The van der Waals surface area contributed by atoms with Gasteiger partial charge >= 0.3 is 5.69 Å². The molecule has 0 aliphatic carbocycles. The second kappa shape index (κ2) is 4.67. The van der Waals surface area contributed by atoms with Crippen LogP contribution in [-0.2, 0) is 11.0 Å². The minimum absolute atomic E-state index is 0.408. The first-order valence-corrected chi connectivity index (χ1v) is 6.09. The SMILES string of the molecule is O=c1ncc(S(=O)N2CCCCC2)c[nH]1. The first kappa shape index (κ1) is 10.5. The third-order valence-corrected chi connectivity index (χ3v) is 3.86. The van der Waals surface area contributed by atoms with Crippen molar-refractivity contribution < 1.29 is 4.21 Å². The highest BCUT2D eigenvalue weighted by Crippen LogP contribution is 2.14. The van der Waals surface area contributed by atoms with Crippen molar-refractivity contribution in [3.05, 3.63) is 22.9 Å². The van der Waals surface area contributed by atoms with Gasteiger partial charge in [0.25, 0.3) is 0 Å². The number of piperidine rings is 1. The molecule has 0 aromatic carbocycles. The Morgan fingerprint density at radius 2 is 2.07 bits per heavy atom. The second-order valence-electron chi connectivity index (χ2n) is 3.49. The van der Waals surface area contributed by atoms with Crippen molar-refractivity contribution in [1.82, 2.24) is 14.3 Å². The van der Waals surface area contributed by atoms with Gasteiger partial charge in [0.05, 0.1) is 11.1 Å². The van der Waals surface area contributed by atoms with Crippen molar-refractivity contribution in [2.45, 2.75) is 24.2 Å². The van der Waals surface area contributed by atoms with Gasteiger partial charge in [0.2, 0.25) is 0 Å². The fourth-order valence-corrected chi connectivity index (χ4v) is 2.80. The van der Waals surface area contributed by atoms with E-state index < -0.39 is 16.7 Å². The van der Waals surface area contributed by atoms with E-state index in [1.54, 1.807) is 0 Å².